The lowest BCUT2D eigenvalue weighted by Crippen LogP contribution is -2.55. The van der Waals surface area contributed by atoms with Crippen molar-refractivity contribution in [2.45, 2.75) is 44.0 Å². The fourth-order valence-electron chi connectivity index (χ4n) is 4.66. The van der Waals surface area contributed by atoms with Gasteiger partial charge >= 0.3 is 11.9 Å². The van der Waals surface area contributed by atoms with Gasteiger partial charge in [0.2, 0.25) is 10.0 Å². The minimum atomic E-state index is -3.50. The minimum absolute atomic E-state index is 0.148. The van der Waals surface area contributed by atoms with Crippen molar-refractivity contribution in [3.63, 3.8) is 0 Å². The first kappa shape index (κ1) is 30.0. The minimum Gasteiger partial charge on any atom is -0.466 e. The summed E-state index contributed by atoms with van der Waals surface area (Å²) in [6.45, 7) is 7.85. The van der Waals surface area contributed by atoms with Crippen molar-refractivity contribution in [2.24, 2.45) is 11.1 Å². The van der Waals surface area contributed by atoms with E-state index in [0.29, 0.717) is 16.3 Å². The Balaban J connectivity index is 0.000000353. The molecule has 39 heavy (non-hydrogen) atoms. The van der Waals surface area contributed by atoms with E-state index in [-0.39, 0.29) is 24.1 Å². The predicted molar refractivity (Wildman–Crippen MR) is 149 cm³/mol. The number of hydrogen-bond acceptors (Lipinski definition) is 9. The summed E-state index contributed by atoms with van der Waals surface area (Å²) in [5, 5.41) is 10.8. The zero-order valence-electron chi connectivity index (χ0n) is 22.3. The van der Waals surface area contributed by atoms with Crippen LogP contribution in [0.5, 0.6) is 0 Å². The molecule has 1 aromatic heterocycles. The standard InChI is InChI=1S/C22H26N2O4S.C6H7NO2S/c1-5-27-20(25)16-14(3)24-22(4,15-10-8-7-9-11-15)18(21(26)28-6-2)17(16)19-23-12-13-29-19;7-10(8,9)6-4-2-1-3-5-6/h7-13,17-18,24H,5-6H2,1-4H3;1-5H,(H2,7,8,9). The van der Waals surface area contributed by atoms with Crippen LogP contribution in [0.4, 0.5) is 0 Å². The van der Waals surface area contributed by atoms with Crippen molar-refractivity contribution in [3.05, 3.63) is 94.1 Å². The van der Waals surface area contributed by atoms with E-state index in [1.54, 1.807) is 38.2 Å². The summed E-state index contributed by atoms with van der Waals surface area (Å²) in [5.41, 5.74) is 1.25. The largest absolute Gasteiger partial charge is 0.466 e. The Morgan fingerprint density at radius 2 is 1.62 bits per heavy atom. The Bertz CT molecular complexity index is 1390. The molecule has 0 bridgehead atoms. The average Bonchev–Trinajstić information content (AvgIpc) is 3.44. The number of allylic oxidation sites excluding steroid dienone is 1. The molecule has 1 aliphatic heterocycles. The van der Waals surface area contributed by atoms with Crippen LogP contribution in [0, 0.1) is 5.92 Å². The normalized spacial score (nSPS) is 20.7. The molecule has 208 valence electrons. The van der Waals surface area contributed by atoms with Gasteiger partial charge in [-0.1, -0.05) is 48.5 Å². The molecule has 1 aliphatic rings. The molecule has 0 amide bonds. The van der Waals surface area contributed by atoms with Crippen LogP contribution in [-0.2, 0) is 34.6 Å². The fraction of sp³-hybridized carbons (Fsp3) is 0.321. The van der Waals surface area contributed by atoms with Gasteiger partial charge in [0.15, 0.2) is 0 Å². The summed E-state index contributed by atoms with van der Waals surface area (Å²) in [6, 6.07) is 17.6. The molecule has 0 aliphatic carbocycles. The first-order chi connectivity index (χ1) is 18.5. The van der Waals surface area contributed by atoms with Gasteiger partial charge in [-0.2, -0.15) is 0 Å². The number of esters is 2. The van der Waals surface area contributed by atoms with E-state index >= 15 is 0 Å². The van der Waals surface area contributed by atoms with Gasteiger partial charge in [0.05, 0.1) is 41.1 Å². The highest BCUT2D eigenvalue weighted by Crippen LogP contribution is 2.49. The first-order valence-electron chi connectivity index (χ1n) is 12.4. The molecule has 0 radical (unpaired) electrons. The number of benzene rings is 2. The van der Waals surface area contributed by atoms with E-state index in [1.165, 1.54) is 23.5 Å². The lowest BCUT2D eigenvalue weighted by molar-refractivity contribution is -0.152. The Labute approximate surface area is 233 Å². The van der Waals surface area contributed by atoms with E-state index in [0.717, 1.165) is 5.56 Å². The van der Waals surface area contributed by atoms with Gasteiger partial charge in [-0.05, 0) is 45.4 Å². The van der Waals surface area contributed by atoms with Crippen molar-refractivity contribution < 1.29 is 27.5 Å². The number of sulfonamides is 1. The molecule has 0 fully saturated rings. The fourth-order valence-corrected chi connectivity index (χ4v) is 5.98. The summed E-state index contributed by atoms with van der Waals surface area (Å²) in [5.74, 6) is -2.08. The molecular formula is C28H33N3O6S2. The molecule has 9 nitrogen and oxygen atoms in total. The van der Waals surface area contributed by atoms with Gasteiger partial charge < -0.3 is 14.8 Å². The van der Waals surface area contributed by atoms with Crippen molar-refractivity contribution in [2.75, 3.05) is 13.2 Å². The molecule has 0 spiro atoms. The molecule has 3 unspecified atom stereocenters. The van der Waals surface area contributed by atoms with Crippen molar-refractivity contribution in [1.29, 1.82) is 0 Å². The maximum absolute atomic E-state index is 13.3. The SMILES string of the molecule is CCOC(=O)C1=C(C)NC(C)(c2ccccc2)C(C(=O)OCC)C1c1nccs1.NS(=O)(=O)c1ccccc1. The highest BCUT2D eigenvalue weighted by molar-refractivity contribution is 7.89. The number of carbonyl (C=O) groups excluding carboxylic acids is 2. The number of primary sulfonamides is 1. The van der Waals surface area contributed by atoms with Crippen LogP contribution >= 0.6 is 11.3 Å². The maximum Gasteiger partial charge on any atom is 0.336 e. The summed E-state index contributed by atoms with van der Waals surface area (Å²) >= 11 is 1.42. The second-order valence-corrected chi connectivity index (χ2v) is 11.4. The predicted octanol–water partition coefficient (Wildman–Crippen LogP) is 4.10. The van der Waals surface area contributed by atoms with Crippen LogP contribution in [0.2, 0.25) is 0 Å². The first-order valence-corrected chi connectivity index (χ1v) is 14.8. The van der Waals surface area contributed by atoms with Gasteiger partial charge in [0.25, 0.3) is 0 Å². The summed E-state index contributed by atoms with van der Waals surface area (Å²) < 4.78 is 32.0. The number of carbonyl (C=O) groups is 2. The highest BCUT2D eigenvalue weighted by atomic mass is 32.2. The van der Waals surface area contributed by atoms with Gasteiger partial charge in [-0.3, -0.25) is 4.79 Å². The number of rotatable bonds is 7. The lowest BCUT2D eigenvalue weighted by atomic mass is 9.67. The van der Waals surface area contributed by atoms with Crippen LogP contribution in [0.3, 0.4) is 0 Å². The molecule has 0 saturated carbocycles. The molecule has 3 N–H and O–H groups in total. The molecule has 0 saturated heterocycles. The van der Waals surface area contributed by atoms with Crippen molar-refractivity contribution >= 4 is 33.3 Å². The van der Waals surface area contributed by atoms with Crippen molar-refractivity contribution in [1.82, 2.24) is 10.3 Å². The number of hydrogen-bond donors (Lipinski definition) is 2. The molecule has 2 aromatic carbocycles. The zero-order chi connectivity index (χ0) is 28.6. The lowest BCUT2D eigenvalue weighted by Gasteiger charge is -2.46. The van der Waals surface area contributed by atoms with Crippen LogP contribution in [-0.4, -0.2) is 38.6 Å². The van der Waals surface area contributed by atoms with E-state index in [4.69, 9.17) is 14.6 Å². The highest BCUT2D eigenvalue weighted by Gasteiger charge is 2.54. The van der Waals surface area contributed by atoms with E-state index in [9.17, 15) is 18.0 Å². The van der Waals surface area contributed by atoms with Gasteiger partial charge in [0.1, 0.15) is 5.01 Å². The third-order valence-electron chi connectivity index (χ3n) is 6.32. The number of aromatic nitrogens is 1. The Morgan fingerprint density at radius 1 is 1.03 bits per heavy atom. The second kappa shape index (κ2) is 13.0. The van der Waals surface area contributed by atoms with Crippen LogP contribution in [0.15, 0.2) is 88.4 Å². The molecule has 2 heterocycles. The summed E-state index contributed by atoms with van der Waals surface area (Å²) in [6.07, 6.45) is 1.68. The van der Waals surface area contributed by atoms with Crippen LogP contribution in [0.25, 0.3) is 0 Å². The second-order valence-electron chi connectivity index (χ2n) is 8.89. The Morgan fingerprint density at radius 3 is 2.10 bits per heavy atom. The molecular weight excluding hydrogens is 538 g/mol. The monoisotopic (exact) mass is 571 g/mol. The number of nitrogens with zero attached hydrogens (tertiary/aromatic N) is 1. The molecule has 11 heteroatoms. The summed E-state index contributed by atoms with van der Waals surface area (Å²) in [4.78, 5) is 30.8. The summed E-state index contributed by atoms with van der Waals surface area (Å²) in [7, 11) is -3.50. The molecule has 4 rings (SSSR count). The van der Waals surface area contributed by atoms with E-state index < -0.39 is 33.4 Å². The van der Waals surface area contributed by atoms with Crippen LogP contribution < -0.4 is 10.5 Å². The number of nitrogens with one attached hydrogen (secondary N) is 1. The smallest absolute Gasteiger partial charge is 0.336 e. The average molecular weight is 572 g/mol. The van der Waals surface area contributed by atoms with Gasteiger partial charge in [0, 0.05) is 17.3 Å². The van der Waals surface area contributed by atoms with Gasteiger partial charge in [-0.25, -0.2) is 23.3 Å². The third-order valence-corrected chi connectivity index (χ3v) is 8.10. The zero-order valence-corrected chi connectivity index (χ0v) is 23.9. The molecule has 3 aromatic rings. The molecule has 3 atom stereocenters. The van der Waals surface area contributed by atoms with Crippen molar-refractivity contribution in [3.8, 4) is 0 Å². The number of thiazole rings is 1. The topological polar surface area (TPSA) is 138 Å². The van der Waals surface area contributed by atoms with Crippen LogP contribution in [0.1, 0.15) is 44.2 Å². The van der Waals surface area contributed by atoms with Gasteiger partial charge in [-0.15, -0.1) is 11.3 Å². The Hall–Kier alpha value is -3.54. The van der Waals surface area contributed by atoms with E-state index in [2.05, 4.69) is 10.3 Å². The quantitative estimate of drug-likeness (QED) is 0.405. The Kier molecular flexibility index (Phi) is 10.0. The third kappa shape index (κ3) is 6.92. The maximum atomic E-state index is 13.3. The van der Waals surface area contributed by atoms with E-state index in [1.807, 2.05) is 49.6 Å². The number of nitrogens with two attached hydrogens (primary N) is 1. The number of ether oxygens (including phenoxy) is 2.